The van der Waals surface area contributed by atoms with Gasteiger partial charge in [-0.1, -0.05) is 6.07 Å². The number of rotatable bonds is 3. The molecule has 1 N–H and O–H groups in total. The number of halogens is 1. The van der Waals surface area contributed by atoms with E-state index < -0.39 is 5.82 Å². The lowest BCUT2D eigenvalue weighted by atomic mass is 10.0. The molecule has 0 aliphatic rings. The van der Waals surface area contributed by atoms with E-state index in [1.54, 1.807) is 17.7 Å². The van der Waals surface area contributed by atoms with Gasteiger partial charge in [0.25, 0.3) is 5.91 Å². The first-order valence-electron chi connectivity index (χ1n) is 6.88. The summed E-state index contributed by atoms with van der Waals surface area (Å²) in [5.74, 6) is -0.686. The molecule has 1 aromatic heterocycles. The van der Waals surface area contributed by atoms with Crippen molar-refractivity contribution in [1.29, 1.82) is 0 Å². The second-order valence-electron chi connectivity index (χ2n) is 5.36. The summed E-state index contributed by atoms with van der Waals surface area (Å²) in [5, 5.41) is 7.27. The van der Waals surface area contributed by atoms with E-state index in [0.717, 1.165) is 22.5 Å². The molecule has 112 valence electrons. The highest BCUT2D eigenvalue weighted by Gasteiger charge is 2.19. The summed E-state index contributed by atoms with van der Waals surface area (Å²) in [7, 11) is 1.87. The van der Waals surface area contributed by atoms with Crippen LogP contribution in [-0.2, 0) is 7.05 Å². The molecular formula is C16H20FN3O. The minimum atomic E-state index is -0.410. The van der Waals surface area contributed by atoms with Crippen LogP contribution in [-0.4, -0.2) is 15.7 Å². The Morgan fingerprint density at radius 2 is 2.00 bits per heavy atom. The van der Waals surface area contributed by atoms with E-state index >= 15 is 0 Å². The molecule has 0 aliphatic heterocycles. The monoisotopic (exact) mass is 289 g/mol. The van der Waals surface area contributed by atoms with Crippen molar-refractivity contribution < 1.29 is 9.18 Å². The molecule has 0 aliphatic carbocycles. The predicted octanol–water partition coefficient (Wildman–Crippen LogP) is 2.98. The number of nitrogens with one attached hydrogen (secondary N) is 1. The van der Waals surface area contributed by atoms with Gasteiger partial charge in [0.2, 0.25) is 0 Å². The van der Waals surface area contributed by atoms with Crippen LogP contribution in [0.3, 0.4) is 0 Å². The molecule has 21 heavy (non-hydrogen) atoms. The molecule has 1 heterocycles. The highest BCUT2D eigenvalue weighted by atomic mass is 19.1. The Kier molecular flexibility index (Phi) is 4.11. The van der Waals surface area contributed by atoms with Gasteiger partial charge in [-0.05, 0) is 45.4 Å². The van der Waals surface area contributed by atoms with Crippen molar-refractivity contribution >= 4 is 5.91 Å². The van der Waals surface area contributed by atoms with Crippen LogP contribution in [0.2, 0.25) is 0 Å². The minimum Gasteiger partial charge on any atom is -0.345 e. The smallest absolute Gasteiger partial charge is 0.252 e. The Morgan fingerprint density at radius 1 is 1.33 bits per heavy atom. The molecule has 1 unspecified atom stereocenters. The van der Waals surface area contributed by atoms with E-state index in [4.69, 9.17) is 0 Å². The molecule has 1 atom stereocenters. The number of hydrogen-bond acceptors (Lipinski definition) is 2. The van der Waals surface area contributed by atoms with E-state index in [1.165, 1.54) is 12.1 Å². The minimum absolute atomic E-state index is 0.186. The van der Waals surface area contributed by atoms with Crippen molar-refractivity contribution in [2.75, 3.05) is 0 Å². The maximum atomic E-state index is 13.3. The van der Waals surface area contributed by atoms with Gasteiger partial charge in [0.05, 0.1) is 11.7 Å². The number of carbonyl (C=O) groups is 1. The molecule has 0 radical (unpaired) electrons. The van der Waals surface area contributed by atoms with Gasteiger partial charge in [-0.25, -0.2) is 4.39 Å². The van der Waals surface area contributed by atoms with E-state index in [0.29, 0.717) is 5.56 Å². The first-order chi connectivity index (χ1) is 9.81. The SMILES string of the molecule is Cc1ccc(F)cc1C(=O)NC(C)c1c(C)nn(C)c1C. The van der Waals surface area contributed by atoms with Crippen molar-refractivity contribution in [2.45, 2.75) is 33.7 Å². The van der Waals surface area contributed by atoms with Gasteiger partial charge in [0.15, 0.2) is 0 Å². The summed E-state index contributed by atoms with van der Waals surface area (Å²) < 4.78 is 15.1. The molecule has 0 fully saturated rings. The Morgan fingerprint density at radius 3 is 2.57 bits per heavy atom. The third-order valence-corrected chi connectivity index (χ3v) is 3.79. The molecular weight excluding hydrogens is 269 g/mol. The fourth-order valence-corrected chi connectivity index (χ4v) is 2.60. The quantitative estimate of drug-likeness (QED) is 0.944. The maximum absolute atomic E-state index is 13.3. The summed E-state index contributed by atoms with van der Waals surface area (Å²) in [4.78, 5) is 12.3. The van der Waals surface area contributed by atoms with Gasteiger partial charge >= 0.3 is 0 Å². The standard InChI is InChI=1S/C16H20FN3O/c1-9-6-7-13(17)8-14(9)16(21)18-10(2)15-11(3)19-20(5)12(15)4/h6-8,10H,1-5H3,(H,18,21). The van der Waals surface area contributed by atoms with Crippen molar-refractivity contribution in [3.8, 4) is 0 Å². The van der Waals surface area contributed by atoms with Crippen molar-refractivity contribution in [3.05, 3.63) is 52.1 Å². The van der Waals surface area contributed by atoms with E-state index in [9.17, 15) is 9.18 Å². The van der Waals surface area contributed by atoms with E-state index in [1.807, 2.05) is 27.8 Å². The van der Waals surface area contributed by atoms with Gasteiger partial charge in [-0.15, -0.1) is 0 Å². The molecule has 0 bridgehead atoms. The van der Waals surface area contributed by atoms with Gasteiger partial charge in [-0.3, -0.25) is 9.48 Å². The summed E-state index contributed by atoms with van der Waals surface area (Å²) in [6.45, 7) is 7.58. The van der Waals surface area contributed by atoms with Gasteiger partial charge in [0.1, 0.15) is 5.82 Å². The third kappa shape index (κ3) is 2.96. The maximum Gasteiger partial charge on any atom is 0.252 e. The lowest BCUT2D eigenvalue weighted by molar-refractivity contribution is 0.0938. The molecule has 0 spiro atoms. The van der Waals surface area contributed by atoms with E-state index in [-0.39, 0.29) is 11.9 Å². The largest absolute Gasteiger partial charge is 0.345 e. The van der Waals surface area contributed by atoms with Gasteiger partial charge in [-0.2, -0.15) is 5.10 Å². The fraction of sp³-hybridized carbons (Fsp3) is 0.375. The highest BCUT2D eigenvalue weighted by Crippen LogP contribution is 2.21. The second kappa shape index (κ2) is 5.68. The van der Waals surface area contributed by atoms with E-state index in [2.05, 4.69) is 10.4 Å². The Bertz CT molecular complexity index is 691. The fourth-order valence-electron chi connectivity index (χ4n) is 2.60. The molecule has 4 nitrogen and oxygen atoms in total. The number of aryl methyl sites for hydroxylation is 3. The van der Waals surface area contributed by atoms with Crippen molar-refractivity contribution in [2.24, 2.45) is 7.05 Å². The van der Waals surface area contributed by atoms with Crippen LogP contribution < -0.4 is 5.32 Å². The first-order valence-corrected chi connectivity index (χ1v) is 6.88. The molecule has 0 saturated carbocycles. The highest BCUT2D eigenvalue weighted by molar-refractivity contribution is 5.95. The Hall–Kier alpha value is -2.17. The molecule has 5 heteroatoms. The number of benzene rings is 1. The third-order valence-electron chi connectivity index (χ3n) is 3.79. The predicted molar refractivity (Wildman–Crippen MR) is 79.7 cm³/mol. The topological polar surface area (TPSA) is 46.9 Å². The van der Waals surface area contributed by atoms with Crippen LogP contribution in [0.5, 0.6) is 0 Å². The molecule has 1 aromatic carbocycles. The summed E-state index contributed by atoms with van der Waals surface area (Å²) in [6.07, 6.45) is 0. The number of hydrogen-bond donors (Lipinski definition) is 1. The van der Waals surface area contributed by atoms with Crippen LogP contribution in [0.15, 0.2) is 18.2 Å². The zero-order valence-electron chi connectivity index (χ0n) is 13.0. The van der Waals surface area contributed by atoms with Crippen LogP contribution in [0, 0.1) is 26.6 Å². The molecule has 0 saturated heterocycles. The average molecular weight is 289 g/mol. The molecule has 2 aromatic rings. The average Bonchev–Trinajstić information content (AvgIpc) is 2.66. The van der Waals surface area contributed by atoms with Crippen molar-refractivity contribution in [3.63, 3.8) is 0 Å². The Labute approximate surface area is 124 Å². The lowest BCUT2D eigenvalue weighted by Crippen LogP contribution is -2.28. The number of carbonyl (C=O) groups excluding carboxylic acids is 1. The number of aromatic nitrogens is 2. The van der Waals surface area contributed by atoms with Crippen molar-refractivity contribution in [1.82, 2.24) is 15.1 Å². The second-order valence-corrected chi connectivity index (χ2v) is 5.36. The van der Waals surface area contributed by atoms with Gasteiger partial charge in [0, 0.05) is 23.9 Å². The Balaban J connectivity index is 2.25. The van der Waals surface area contributed by atoms with Gasteiger partial charge < -0.3 is 5.32 Å². The molecule has 1 amide bonds. The van der Waals surface area contributed by atoms with Crippen LogP contribution in [0.4, 0.5) is 4.39 Å². The van der Waals surface area contributed by atoms with Crippen LogP contribution in [0.1, 0.15) is 45.8 Å². The lowest BCUT2D eigenvalue weighted by Gasteiger charge is -2.16. The summed E-state index contributed by atoms with van der Waals surface area (Å²) in [6, 6.07) is 4.04. The zero-order chi connectivity index (χ0) is 15.7. The molecule has 2 rings (SSSR count). The number of nitrogens with zero attached hydrogens (tertiary/aromatic N) is 2. The summed E-state index contributed by atoms with van der Waals surface area (Å²) in [5.41, 5.74) is 4.01. The number of amides is 1. The summed E-state index contributed by atoms with van der Waals surface area (Å²) >= 11 is 0. The normalized spacial score (nSPS) is 12.3. The first kappa shape index (κ1) is 15.2. The van der Waals surface area contributed by atoms with Crippen LogP contribution in [0.25, 0.3) is 0 Å². The zero-order valence-corrected chi connectivity index (χ0v) is 13.0. The van der Waals surface area contributed by atoms with Crippen LogP contribution >= 0.6 is 0 Å².